The number of aryl methyl sites for hydroxylation is 1. The van der Waals surface area contributed by atoms with E-state index in [0.717, 1.165) is 16.9 Å². The molecule has 0 saturated carbocycles. The average molecular weight is 331 g/mol. The number of non-ortho nitro benzene ring substituents is 1. The second kappa shape index (κ2) is 7.55. The Kier molecular flexibility index (Phi) is 5.48. The van der Waals surface area contributed by atoms with Crippen molar-refractivity contribution in [3.8, 4) is 5.75 Å². The molecule has 2 aromatic rings. The summed E-state index contributed by atoms with van der Waals surface area (Å²) in [5, 5.41) is 17.3. The van der Waals surface area contributed by atoms with Crippen molar-refractivity contribution in [1.29, 1.82) is 0 Å². The number of nitrogens with zero attached hydrogens (tertiary/aromatic N) is 1. The Morgan fingerprint density at radius 2 is 1.96 bits per heavy atom. The van der Waals surface area contributed by atoms with Gasteiger partial charge in [-0.25, -0.2) is 0 Å². The van der Waals surface area contributed by atoms with Crippen LogP contribution in [0.25, 0.3) is 0 Å². The third-order valence-corrected chi connectivity index (χ3v) is 3.54. The van der Waals surface area contributed by atoms with Gasteiger partial charge in [-0.3, -0.25) is 10.1 Å². The number of nitro benzene ring substituents is 1. The van der Waals surface area contributed by atoms with Crippen molar-refractivity contribution in [3.05, 3.63) is 63.7 Å². The predicted molar refractivity (Wildman–Crippen MR) is 93.9 cm³/mol. The Morgan fingerprint density at radius 1 is 1.26 bits per heavy atom. The Balaban J connectivity index is 1.96. The van der Waals surface area contributed by atoms with Gasteiger partial charge in [0.25, 0.3) is 5.69 Å². The predicted octanol–water partition coefficient (Wildman–Crippen LogP) is 3.40. The van der Waals surface area contributed by atoms with Crippen LogP contribution in [0.2, 0.25) is 0 Å². The SMILES string of the molecule is COc1ccc(CNC(=S)Nc2cc([N+](=O)[O-])ccc2C)cc1. The highest BCUT2D eigenvalue weighted by Gasteiger charge is 2.09. The maximum atomic E-state index is 10.8. The van der Waals surface area contributed by atoms with E-state index < -0.39 is 4.92 Å². The molecular weight excluding hydrogens is 314 g/mol. The lowest BCUT2D eigenvalue weighted by atomic mass is 10.2. The van der Waals surface area contributed by atoms with Crippen LogP contribution in [-0.4, -0.2) is 17.1 Å². The Labute approximate surface area is 139 Å². The van der Waals surface area contributed by atoms with Crippen LogP contribution in [0.15, 0.2) is 42.5 Å². The third kappa shape index (κ3) is 4.65. The summed E-state index contributed by atoms with van der Waals surface area (Å²) >= 11 is 5.24. The molecule has 6 nitrogen and oxygen atoms in total. The zero-order valence-electron chi connectivity index (χ0n) is 12.8. The summed E-state index contributed by atoms with van der Waals surface area (Å²) in [6.45, 7) is 2.40. The second-order valence-electron chi connectivity index (χ2n) is 4.91. The van der Waals surface area contributed by atoms with Crippen molar-refractivity contribution >= 4 is 28.7 Å². The molecule has 0 amide bonds. The van der Waals surface area contributed by atoms with Gasteiger partial charge in [0, 0.05) is 24.4 Å². The van der Waals surface area contributed by atoms with E-state index in [2.05, 4.69) is 10.6 Å². The molecule has 2 N–H and O–H groups in total. The third-order valence-electron chi connectivity index (χ3n) is 3.29. The zero-order chi connectivity index (χ0) is 16.8. The minimum atomic E-state index is -0.432. The van der Waals surface area contributed by atoms with Gasteiger partial charge in [-0.05, 0) is 42.4 Å². The first kappa shape index (κ1) is 16.7. The lowest BCUT2D eigenvalue weighted by molar-refractivity contribution is -0.384. The highest BCUT2D eigenvalue weighted by Crippen LogP contribution is 2.21. The quantitative estimate of drug-likeness (QED) is 0.497. The number of hydrogen-bond donors (Lipinski definition) is 2. The van der Waals surface area contributed by atoms with E-state index in [4.69, 9.17) is 17.0 Å². The van der Waals surface area contributed by atoms with Gasteiger partial charge in [0.05, 0.1) is 12.0 Å². The zero-order valence-corrected chi connectivity index (χ0v) is 13.6. The first-order valence-corrected chi connectivity index (χ1v) is 7.33. The van der Waals surface area contributed by atoms with Crippen molar-refractivity contribution in [2.75, 3.05) is 12.4 Å². The van der Waals surface area contributed by atoms with Crippen molar-refractivity contribution in [2.24, 2.45) is 0 Å². The van der Waals surface area contributed by atoms with Gasteiger partial charge in [0.2, 0.25) is 0 Å². The van der Waals surface area contributed by atoms with Gasteiger partial charge in [-0.15, -0.1) is 0 Å². The fourth-order valence-corrected chi connectivity index (χ4v) is 2.13. The Morgan fingerprint density at radius 3 is 2.57 bits per heavy atom. The van der Waals surface area contributed by atoms with E-state index in [1.54, 1.807) is 13.2 Å². The Hall–Kier alpha value is -2.67. The van der Waals surface area contributed by atoms with Crippen molar-refractivity contribution < 1.29 is 9.66 Å². The summed E-state index contributed by atoms with van der Waals surface area (Å²) in [4.78, 5) is 10.4. The number of methoxy groups -OCH3 is 1. The summed E-state index contributed by atoms with van der Waals surface area (Å²) in [5.74, 6) is 0.793. The molecule has 0 unspecified atom stereocenters. The summed E-state index contributed by atoms with van der Waals surface area (Å²) in [5.41, 5.74) is 2.57. The number of rotatable bonds is 5. The lowest BCUT2D eigenvalue weighted by Crippen LogP contribution is -2.28. The van der Waals surface area contributed by atoms with E-state index in [1.165, 1.54) is 12.1 Å². The van der Waals surface area contributed by atoms with E-state index in [1.807, 2.05) is 31.2 Å². The average Bonchev–Trinajstić information content (AvgIpc) is 2.55. The largest absolute Gasteiger partial charge is 0.497 e. The molecule has 23 heavy (non-hydrogen) atoms. The number of nitrogens with one attached hydrogen (secondary N) is 2. The lowest BCUT2D eigenvalue weighted by Gasteiger charge is -2.12. The molecule has 0 aliphatic rings. The van der Waals surface area contributed by atoms with Crippen LogP contribution in [0.1, 0.15) is 11.1 Å². The first-order valence-electron chi connectivity index (χ1n) is 6.92. The van der Waals surface area contributed by atoms with Crippen molar-refractivity contribution in [2.45, 2.75) is 13.5 Å². The summed E-state index contributed by atoms with van der Waals surface area (Å²) in [7, 11) is 1.62. The molecule has 0 bridgehead atoms. The number of anilines is 1. The van der Waals surface area contributed by atoms with Crippen LogP contribution in [0.4, 0.5) is 11.4 Å². The molecule has 2 aromatic carbocycles. The van der Waals surface area contributed by atoms with Gasteiger partial charge in [-0.2, -0.15) is 0 Å². The first-order chi connectivity index (χ1) is 11.0. The van der Waals surface area contributed by atoms with Crippen LogP contribution < -0.4 is 15.4 Å². The molecule has 2 rings (SSSR count). The summed E-state index contributed by atoms with van der Waals surface area (Å²) in [6, 6.07) is 12.2. The van der Waals surface area contributed by atoms with Gasteiger partial charge in [-0.1, -0.05) is 18.2 Å². The van der Waals surface area contributed by atoms with Crippen molar-refractivity contribution in [3.63, 3.8) is 0 Å². The maximum Gasteiger partial charge on any atom is 0.271 e. The molecule has 0 fully saturated rings. The van der Waals surface area contributed by atoms with Gasteiger partial charge in [0.1, 0.15) is 5.75 Å². The molecule has 0 spiro atoms. The maximum absolute atomic E-state index is 10.8. The normalized spacial score (nSPS) is 10.0. The smallest absolute Gasteiger partial charge is 0.271 e. The molecule has 120 valence electrons. The number of ether oxygens (including phenoxy) is 1. The highest BCUT2D eigenvalue weighted by molar-refractivity contribution is 7.80. The fourth-order valence-electron chi connectivity index (χ4n) is 1.95. The van der Waals surface area contributed by atoms with Gasteiger partial charge in [0.15, 0.2) is 5.11 Å². The van der Waals surface area contributed by atoms with Crippen molar-refractivity contribution in [1.82, 2.24) is 5.32 Å². The molecule has 0 aromatic heterocycles. The van der Waals surface area contributed by atoms with Crippen LogP contribution in [-0.2, 0) is 6.54 Å². The molecule has 7 heteroatoms. The highest BCUT2D eigenvalue weighted by atomic mass is 32.1. The molecule has 0 atom stereocenters. The molecular formula is C16H17N3O3S. The number of nitro groups is 1. The van der Waals surface area contributed by atoms with E-state index in [-0.39, 0.29) is 5.69 Å². The molecule has 0 aliphatic carbocycles. The molecule has 0 saturated heterocycles. The van der Waals surface area contributed by atoms with Gasteiger partial charge < -0.3 is 15.4 Å². The monoisotopic (exact) mass is 331 g/mol. The molecule has 0 heterocycles. The van der Waals surface area contributed by atoms with E-state index >= 15 is 0 Å². The molecule has 0 aliphatic heterocycles. The number of benzene rings is 2. The topological polar surface area (TPSA) is 76.4 Å². The Bertz CT molecular complexity index is 717. The standard InChI is InChI=1S/C16H17N3O3S/c1-11-3-6-13(19(20)21)9-15(11)18-16(23)17-10-12-4-7-14(22-2)8-5-12/h3-9H,10H2,1-2H3,(H2,17,18,23). The summed E-state index contributed by atoms with van der Waals surface area (Å²) in [6.07, 6.45) is 0. The van der Waals surface area contributed by atoms with E-state index in [0.29, 0.717) is 17.3 Å². The minimum absolute atomic E-state index is 0.0241. The fraction of sp³-hybridized carbons (Fsp3) is 0.188. The van der Waals surface area contributed by atoms with Crippen LogP contribution in [0.5, 0.6) is 5.75 Å². The minimum Gasteiger partial charge on any atom is -0.497 e. The number of hydrogen-bond acceptors (Lipinski definition) is 4. The van der Waals surface area contributed by atoms with Crippen LogP contribution in [0.3, 0.4) is 0 Å². The number of thiocarbonyl (C=S) groups is 1. The van der Waals surface area contributed by atoms with Gasteiger partial charge >= 0.3 is 0 Å². The van der Waals surface area contributed by atoms with Crippen LogP contribution >= 0.6 is 12.2 Å². The molecule has 0 radical (unpaired) electrons. The second-order valence-corrected chi connectivity index (χ2v) is 5.32. The summed E-state index contributed by atoms with van der Waals surface area (Å²) < 4.78 is 5.10. The van der Waals surface area contributed by atoms with E-state index in [9.17, 15) is 10.1 Å². The van der Waals surface area contributed by atoms with Crippen LogP contribution in [0, 0.1) is 17.0 Å².